The van der Waals surface area contributed by atoms with Crippen LogP contribution in [0.1, 0.15) is 23.4 Å². The van der Waals surface area contributed by atoms with Crippen molar-refractivity contribution >= 4 is 17.2 Å². The summed E-state index contributed by atoms with van der Waals surface area (Å²) in [5, 5.41) is 2.12. The summed E-state index contributed by atoms with van der Waals surface area (Å²) >= 11 is 1.80. The maximum Gasteiger partial charge on any atom is 0.220 e. The second kappa shape index (κ2) is 6.41. The molecule has 4 heteroatoms. The molecular formula is C17H20N2OS. The minimum absolute atomic E-state index is 0.164. The van der Waals surface area contributed by atoms with Crippen LogP contribution in [0.5, 0.6) is 0 Å². The Balaban J connectivity index is 1.77. The van der Waals surface area contributed by atoms with Crippen LogP contribution in [0.25, 0.3) is 0 Å². The van der Waals surface area contributed by atoms with Gasteiger partial charge >= 0.3 is 0 Å². The first-order valence-electron chi connectivity index (χ1n) is 7.31. The van der Waals surface area contributed by atoms with Gasteiger partial charge in [-0.1, -0.05) is 36.4 Å². The SMILES string of the molecule is CC(=O)N1CCN(Cc2cccs2)C[C@@H]1c1ccccc1. The van der Waals surface area contributed by atoms with Gasteiger partial charge in [0.1, 0.15) is 0 Å². The van der Waals surface area contributed by atoms with Crippen molar-refractivity contribution in [2.24, 2.45) is 0 Å². The molecule has 1 aromatic carbocycles. The number of benzene rings is 1. The van der Waals surface area contributed by atoms with E-state index in [0.717, 1.165) is 26.2 Å². The molecule has 0 saturated carbocycles. The second-order valence-corrected chi connectivity index (χ2v) is 6.49. The van der Waals surface area contributed by atoms with E-state index in [-0.39, 0.29) is 11.9 Å². The highest BCUT2D eigenvalue weighted by molar-refractivity contribution is 7.09. The maximum atomic E-state index is 11.9. The fourth-order valence-corrected chi connectivity index (χ4v) is 3.69. The molecular weight excluding hydrogens is 280 g/mol. The third-order valence-electron chi connectivity index (χ3n) is 4.01. The van der Waals surface area contributed by atoms with Crippen LogP contribution in [0.2, 0.25) is 0 Å². The lowest BCUT2D eigenvalue weighted by atomic mass is 10.0. The number of hydrogen-bond acceptors (Lipinski definition) is 3. The summed E-state index contributed by atoms with van der Waals surface area (Å²) in [6.45, 7) is 5.31. The summed E-state index contributed by atoms with van der Waals surface area (Å²) < 4.78 is 0. The van der Waals surface area contributed by atoms with Gasteiger partial charge in [0.2, 0.25) is 5.91 Å². The number of carbonyl (C=O) groups excluding carboxylic acids is 1. The largest absolute Gasteiger partial charge is 0.333 e. The van der Waals surface area contributed by atoms with Crippen molar-refractivity contribution in [1.29, 1.82) is 0 Å². The highest BCUT2D eigenvalue weighted by Crippen LogP contribution is 2.26. The van der Waals surface area contributed by atoms with Gasteiger partial charge in [0.15, 0.2) is 0 Å². The number of hydrogen-bond donors (Lipinski definition) is 0. The van der Waals surface area contributed by atoms with Crippen LogP contribution in [0.3, 0.4) is 0 Å². The molecule has 110 valence electrons. The minimum Gasteiger partial charge on any atom is -0.333 e. The van der Waals surface area contributed by atoms with Gasteiger partial charge in [-0.25, -0.2) is 0 Å². The molecule has 1 atom stereocenters. The van der Waals surface area contributed by atoms with Crippen molar-refractivity contribution in [1.82, 2.24) is 9.80 Å². The minimum atomic E-state index is 0.164. The summed E-state index contributed by atoms with van der Waals surface area (Å²) in [6.07, 6.45) is 0. The quantitative estimate of drug-likeness (QED) is 0.869. The molecule has 3 nitrogen and oxygen atoms in total. The average Bonchev–Trinajstić information content (AvgIpc) is 3.01. The number of rotatable bonds is 3. The zero-order chi connectivity index (χ0) is 14.7. The molecule has 0 unspecified atom stereocenters. The number of amides is 1. The number of carbonyl (C=O) groups is 1. The van der Waals surface area contributed by atoms with E-state index in [1.165, 1.54) is 10.4 Å². The maximum absolute atomic E-state index is 11.9. The van der Waals surface area contributed by atoms with Gasteiger partial charge in [-0.15, -0.1) is 11.3 Å². The first-order chi connectivity index (χ1) is 10.2. The monoisotopic (exact) mass is 300 g/mol. The predicted molar refractivity (Wildman–Crippen MR) is 86.2 cm³/mol. The van der Waals surface area contributed by atoms with Crippen LogP contribution in [0, 0.1) is 0 Å². The Bertz CT molecular complexity index is 582. The van der Waals surface area contributed by atoms with Crippen LogP contribution < -0.4 is 0 Å². The van der Waals surface area contributed by atoms with E-state index in [4.69, 9.17) is 0 Å². The highest BCUT2D eigenvalue weighted by atomic mass is 32.1. The lowest BCUT2D eigenvalue weighted by Crippen LogP contribution is -2.49. The molecule has 0 spiro atoms. The molecule has 1 amide bonds. The topological polar surface area (TPSA) is 23.6 Å². The van der Waals surface area contributed by atoms with E-state index in [2.05, 4.69) is 34.5 Å². The van der Waals surface area contributed by atoms with Gasteiger partial charge < -0.3 is 4.90 Å². The van der Waals surface area contributed by atoms with Crippen molar-refractivity contribution in [2.45, 2.75) is 19.5 Å². The molecule has 1 fully saturated rings. The van der Waals surface area contributed by atoms with Crippen LogP contribution in [0.4, 0.5) is 0 Å². The van der Waals surface area contributed by atoms with Gasteiger partial charge in [0, 0.05) is 38.0 Å². The first kappa shape index (κ1) is 14.3. The van der Waals surface area contributed by atoms with Crippen LogP contribution in [0.15, 0.2) is 47.8 Å². The number of piperazine rings is 1. The molecule has 1 aliphatic rings. The molecule has 0 radical (unpaired) electrons. The number of nitrogens with zero attached hydrogens (tertiary/aromatic N) is 2. The molecule has 2 heterocycles. The Hall–Kier alpha value is -1.65. The summed E-state index contributed by atoms with van der Waals surface area (Å²) in [7, 11) is 0. The average molecular weight is 300 g/mol. The van der Waals surface area contributed by atoms with Crippen molar-refractivity contribution in [3.05, 3.63) is 58.3 Å². The highest BCUT2D eigenvalue weighted by Gasteiger charge is 2.29. The Morgan fingerprint density at radius 3 is 2.67 bits per heavy atom. The third-order valence-corrected chi connectivity index (χ3v) is 4.87. The molecule has 0 aliphatic carbocycles. The number of thiophene rings is 1. The molecule has 1 aromatic heterocycles. The van der Waals surface area contributed by atoms with Gasteiger partial charge in [-0.05, 0) is 17.0 Å². The van der Waals surface area contributed by atoms with Crippen LogP contribution >= 0.6 is 11.3 Å². The van der Waals surface area contributed by atoms with Crippen LogP contribution in [-0.2, 0) is 11.3 Å². The normalized spacial score (nSPS) is 19.7. The predicted octanol–water partition coefficient (Wildman–Crippen LogP) is 3.15. The van der Waals surface area contributed by atoms with E-state index in [0.29, 0.717) is 0 Å². The molecule has 3 rings (SSSR count). The summed E-state index contributed by atoms with van der Waals surface area (Å²) in [5.74, 6) is 0.166. The standard InChI is InChI=1S/C17H20N2OS/c1-14(20)19-10-9-18(12-16-8-5-11-21-16)13-17(19)15-6-3-2-4-7-15/h2-8,11,17H,9-10,12-13H2,1H3/t17-/m1/s1. The fraction of sp³-hybridized carbons (Fsp3) is 0.353. The first-order valence-corrected chi connectivity index (χ1v) is 8.19. The molecule has 21 heavy (non-hydrogen) atoms. The smallest absolute Gasteiger partial charge is 0.220 e. The van der Waals surface area contributed by atoms with E-state index in [9.17, 15) is 4.79 Å². The summed E-state index contributed by atoms with van der Waals surface area (Å²) in [4.78, 5) is 17.8. The summed E-state index contributed by atoms with van der Waals surface area (Å²) in [6, 6.07) is 14.8. The Morgan fingerprint density at radius 1 is 1.19 bits per heavy atom. The zero-order valence-electron chi connectivity index (χ0n) is 12.2. The molecule has 2 aromatic rings. The van der Waals surface area contributed by atoms with Crippen molar-refractivity contribution in [3.8, 4) is 0 Å². The molecule has 0 bridgehead atoms. The van der Waals surface area contributed by atoms with E-state index in [1.807, 2.05) is 23.1 Å². The lowest BCUT2D eigenvalue weighted by molar-refractivity contribution is -0.134. The summed E-state index contributed by atoms with van der Waals surface area (Å²) in [5.41, 5.74) is 1.23. The molecule has 0 N–H and O–H groups in total. The van der Waals surface area contributed by atoms with Crippen LogP contribution in [-0.4, -0.2) is 35.3 Å². The van der Waals surface area contributed by atoms with E-state index >= 15 is 0 Å². The van der Waals surface area contributed by atoms with E-state index < -0.39 is 0 Å². The second-order valence-electron chi connectivity index (χ2n) is 5.45. The van der Waals surface area contributed by atoms with Gasteiger partial charge in [-0.3, -0.25) is 9.69 Å². The zero-order valence-corrected chi connectivity index (χ0v) is 13.1. The fourth-order valence-electron chi connectivity index (χ4n) is 2.94. The Kier molecular flexibility index (Phi) is 4.36. The van der Waals surface area contributed by atoms with Crippen molar-refractivity contribution < 1.29 is 4.79 Å². The van der Waals surface area contributed by atoms with Gasteiger partial charge in [-0.2, -0.15) is 0 Å². The van der Waals surface area contributed by atoms with Gasteiger partial charge in [0.05, 0.1) is 6.04 Å². The van der Waals surface area contributed by atoms with Crippen molar-refractivity contribution in [3.63, 3.8) is 0 Å². The molecule has 1 saturated heterocycles. The molecule has 1 aliphatic heterocycles. The Labute approximate surface area is 129 Å². The lowest BCUT2D eigenvalue weighted by Gasteiger charge is -2.41. The third kappa shape index (κ3) is 3.34. The van der Waals surface area contributed by atoms with E-state index in [1.54, 1.807) is 18.3 Å². The van der Waals surface area contributed by atoms with Gasteiger partial charge in [0.25, 0.3) is 0 Å². The van der Waals surface area contributed by atoms with Crippen molar-refractivity contribution in [2.75, 3.05) is 19.6 Å². The Morgan fingerprint density at radius 2 is 2.00 bits per heavy atom.